The van der Waals surface area contributed by atoms with Crippen LogP contribution >= 0.6 is 0 Å². The van der Waals surface area contributed by atoms with Crippen molar-refractivity contribution in [2.45, 2.75) is 27.3 Å². The van der Waals surface area contributed by atoms with Crippen molar-refractivity contribution in [3.63, 3.8) is 0 Å². The summed E-state index contributed by atoms with van der Waals surface area (Å²) >= 11 is 0. The van der Waals surface area contributed by atoms with Gasteiger partial charge in [0.15, 0.2) is 11.5 Å². The van der Waals surface area contributed by atoms with E-state index in [2.05, 4.69) is 19.2 Å². The molecular weight excluding hydrogens is 266 g/mol. The first-order valence-electron chi connectivity index (χ1n) is 7.31. The predicted molar refractivity (Wildman–Crippen MR) is 86.4 cm³/mol. The Hall–Kier alpha value is -1.68. The van der Waals surface area contributed by atoms with Crippen LogP contribution in [-0.4, -0.2) is 27.4 Å². The molecule has 1 N–H and O–H groups in total. The van der Waals surface area contributed by atoms with Gasteiger partial charge in [-0.2, -0.15) is 0 Å². The van der Waals surface area contributed by atoms with Crippen LogP contribution in [0, 0.1) is 5.92 Å². The highest BCUT2D eigenvalue weighted by Crippen LogP contribution is 2.38. The molecule has 0 saturated heterocycles. The largest absolute Gasteiger partial charge is 0.493 e. The quantitative estimate of drug-likeness (QED) is 0.708. The van der Waals surface area contributed by atoms with E-state index in [9.17, 15) is 0 Å². The average molecular weight is 293 g/mol. The number of hydrogen-bond donors (Lipinski definition) is 1. The van der Waals surface area contributed by atoms with Gasteiger partial charge in [-0.25, -0.2) is 0 Å². The van der Waals surface area contributed by atoms with Crippen LogP contribution in [0.4, 0.5) is 0 Å². The Morgan fingerprint density at radius 1 is 1.14 bits per heavy atom. The number of hydrogen-bond acceptors (Lipinski definition) is 4. The van der Waals surface area contributed by atoms with Gasteiger partial charge in [-0.1, -0.05) is 26.0 Å². The number of methoxy groups -OCH3 is 2. The number of rotatable bonds is 9. The Balaban J connectivity index is 2.88. The lowest BCUT2D eigenvalue weighted by Gasteiger charge is -2.16. The summed E-state index contributed by atoms with van der Waals surface area (Å²) in [7, 11) is 3.28. The van der Waals surface area contributed by atoms with Crippen LogP contribution in [0.1, 0.15) is 26.3 Å². The molecule has 0 amide bonds. The molecule has 0 aliphatic rings. The highest BCUT2D eigenvalue weighted by Gasteiger charge is 2.13. The minimum absolute atomic E-state index is 0.494. The van der Waals surface area contributed by atoms with Gasteiger partial charge >= 0.3 is 0 Å². The monoisotopic (exact) mass is 293 g/mol. The highest BCUT2D eigenvalue weighted by molar-refractivity contribution is 5.54. The fourth-order valence-corrected chi connectivity index (χ4v) is 1.91. The molecule has 0 atom stereocenters. The molecule has 0 heterocycles. The molecule has 0 radical (unpaired) electrons. The van der Waals surface area contributed by atoms with E-state index in [1.807, 2.05) is 31.2 Å². The van der Waals surface area contributed by atoms with Crippen LogP contribution < -0.4 is 19.5 Å². The summed E-state index contributed by atoms with van der Waals surface area (Å²) in [5.41, 5.74) is 1.11. The van der Waals surface area contributed by atoms with E-state index in [1.165, 1.54) is 0 Å². The van der Waals surface area contributed by atoms with Crippen molar-refractivity contribution in [2.75, 3.05) is 27.4 Å². The lowest BCUT2D eigenvalue weighted by atomic mass is 10.1. The van der Waals surface area contributed by atoms with Crippen molar-refractivity contribution in [1.29, 1.82) is 0 Å². The van der Waals surface area contributed by atoms with Crippen molar-refractivity contribution < 1.29 is 14.2 Å². The summed E-state index contributed by atoms with van der Waals surface area (Å²) in [6.45, 7) is 8.58. The lowest BCUT2D eigenvalue weighted by Crippen LogP contribution is -2.19. The summed E-state index contributed by atoms with van der Waals surface area (Å²) in [5, 5.41) is 3.41. The normalized spacial score (nSPS) is 11.1. The molecule has 0 aliphatic carbocycles. The van der Waals surface area contributed by atoms with Crippen molar-refractivity contribution in [3.8, 4) is 17.2 Å². The maximum Gasteiger partial charge on any atom is 0.203 e. The molecule has 4 nitrogen and oxygen atoms in total. The number of ether oxygens (including phenoxy) is 3. The zero-order valence-electron chi connectivity index (χ0n) is 13.7. The zero-order valence-corrected chi connectivity index (χ0v) is 13.7. The van der Waals surface area contributed by atoms with E-state index >= 15 is 0 Å². The van der Waals surface area contributed by atoms with Crippen LogP contribution in [0.15, 0.2) is 24.3 Å². The summed E-state index contributed by atoms with van der Waals surface area (Å²) in [6.07, 6.45) is 3.89. The molecule has 0 spiro atoms. The molecule has 1 aromatic rings. The van der Waals surface area contributed by atoms with Gasteiger partial charge < -0.3 is 19.5 Å². The van der Waals surface area contributed by atoms with E-state index in [0.29, 0.717) is 29.8 Å². The summed E-state index contributed by atoms with van der Waals surface area (Å²) < 4.78 is 16.6. The molecule has 1 aromatic carbocycles. The lowest BCUT2D eigenvalue weighted by molar-refractivity contribution is 0.300. The van der Waals surface area contributed by atoms with E-state index in [4.69, 9.17) is 14.2 Å². The molecule has 118 valence electrons. The first kappa shape index (κ1) is 17.4. The molecule has 1 rings (SSSR count). The Morgan fingerprint density at radius 3 is 2.24 bits per heavy atom. The predicted octanol–water partition coefficient (Wildman–Crippen LogP) is 3.40. The minimum atomic E-state index is 0.494. The van der Waals surface area contributed by atoms with Crippen LogP contribution in [-0.2, 0) is 6.54 Å². The fourth-order valence-electron chi connectivity index (χ4n) is 1.91. The number of allylic oxidation sites excluding steroid dienone is 1. The molecule has 0 bridgehead atoms. The smallest absolute Gasteiger partial charge is 0.203 e. The van der Waals surface area contributed by atoms with Gasteiger partial charge in [0, 0.05) is 6.54 Å². The Labute approximate surface area is 128 Å². The van der Waals surface area contributed by atoms with Crippen LogP contribution in [0.3, 0.4) is 0 Å². The van der Waals surface area contributed by atoms with Crippen LogP contribution in [0.5, 0.6) is 17.2 Å². The molecule has 0 fully saturated rings. The van der Waals surface area contributed by atoms with E-state index in [-0.39, 0.29) is 0 Å². The van der Waals surface area contributed by atoms with Crippen molar-refractivity contribution >= 4 is 0 Å². The summed E-state index contributed by atoms with van der Waals surface area (Å²) in [5.74, 6) is 2.66. The first-order chi connectivity index (χ1) is 10.1. The van der Waals surface area contributed by atoms with Gasteiger partial charge in [0.05, 0.1) is 14.2 Å². The molecule has 4 heteroatoms. The molecule has 21 heavy (non-hydrogen) atoms. The molecule has 0 aliphatic heterocycles. The van der Waals surface area contributed by atoms with Gasteiger partial charge in [0.25, 0.3) is 0 Å². The third-order valence-electron chi connectivity index (χ3n) is 2.96. The van der Waals surface area contributed by atoms with E-state index in [0.717, 1.165) is 18.7 Å². The second-order valence-electron chi connectivity index (χ2n) is 5.23. The van der Waals surface area contributed by atoms with E-state index < -0.39 is 0 Å². The van der Waals surface area contributed by atoms with Crippen molar-refractivity contribution in [1.82, 2.24) is 5.32 Å². The SMILES string of the molecule is CC=CCOc1c(OC)cc(CNCC(C)C)cc1OC. The summed E-state index contributed by atoms with van der Waals surface area (Å²) in [6, 6.07) is 3.97. The number of benzene rings is 1. The molecular formula is C17H27NO3. The second-order valence-corrected chi connectivity index (χ2v) is 5.23. The maximum absolute atomic E-state index is 5.73. The van der Waals surface area contributed by atoms with Gasteiger partial charge in [0.2, 0.25) is 5.75 Å². The molecule has 0 aromatic heterocycles. The maximum atomic E-state index is 5.73. The number of nitrogens with one attached hydrogen (secondary N) is 1. The van der Waals surface area contributed by atoms with Crippen LogP contribution in [0.25, 0.3) is 0 Å². The van der Waals surface area contributed by atoms with E-state index in [1.54, 1.807) is 14.2 Å². The average Bonchev–Trinajstić information content (AvgIpc) is 2.47. The molecule has 0 saturated carbocycles. The first-order valence-corrected chi connectivity index (χ1v) is 7.31. The summed E-state index contributed by atoms with van der Waals surface area (Å²) in [4.78, 5) is 0. The fraction of sp³-hybridized carbons (Fsp3) is 0.529. The Bertz CT molecular complexity index is 430. The van der Waals surface area contributed by atoms with Gasteiger partial charge in [-0.3, -0.25) is 0 Å². The standard InChI is InChI=1S/C17H27NO3/c1-6-7-8-21-17-15(19-4)9-14(10-16(17)20-5)12-18-11-13(2)3/h6-7,9-10,13,18H,8,11-12H2,1-5H3. The Kier molecular flexibility index (Phi) is 7.69. The van der Waals surface area contributed by atoms with Crippen molar-refractivity contribution in [2.24, 2.45) is 5.92 Å². The third kappa shape index (κ3) is 5.68. The van der Waals surface area contributed by atoms with Gasteiger partial charge in [0.1, 0.15) is 6.61 Å². The van der Waals surface area contributed by atoms with Crippen LogP contribution in [0.2, 0.25) is 0 Å². The zero-order chi connectivity index (χ0) is 15.7. The molecule has 0 unspecified atom stereocenters. The second kappa shape index (κ2) is 9.29. The van der Waals surface area contributed by atoms with Gasteiger partial charge in [-0.05, 0) is 37.1 Å². The minimum Gasteiger partial charge on any atom is -0.493 e. The van der Waals surface area contributed by atoms with Crippen molar-refractivity contribution in [3.05, 3.63) is 29.8 Å². The highest BCUT2D eigenvalue weighted by atomic mass is 16.5. The Morgan fingerprint density at radius 2 is 1.76 bits per heavy atom. The van der Waals surface area contributed by atoms with Gasteiger partial charge in [-0.15, -0.1) is 0 Å². The topological polar surface area (TPSA) is 39.7 Å². The third-order valence-corrected chi connectivity index (χ3v) is 2.96.